The second-order valence-electron chi connectivity index (χ2n) is 4.77. The summed E-state index contributed by atoms with van der Waals surface area (Å²) in [5, 5.41) is 11.3. The Morgan fingerprint density at radius 3 is 2.55 bits per heavy atom. The number of hydrogen-bond acceptors (Lipinski definition) is 3. The van der Waals surface area contributed by atoms with E-state index in [1.165, 1.54) is 0 Å². The summed E-state index contributed by atoms with van der Waals surface area (Å²) in [6.45, 7) is 6.39. The van der Waals surface area contributed by atoms with Crippen molar-refractivity contribution in [2.24, 2.45) is 7.05 Å². The summed E-state index contributed by atoms with van der Waals surface area (Å²) >= 11 is 3.48. The zero-order valence-corrected chi connectivity index (χ0v) is 13.7. The third-order valence-electron chi connectivity index (χ3n) is 3.35. The number of aromatic nitrogens is 4. The van der Waals surface area contributed by atoms with Gasteiger partial charge >= 0.3 is 0 Å². The Hall–Kier alpha value is -1.63. The Morgan fingerprint density at radius 1 is 1.35 bits per heavy atom. The van der Waals surface area contributed by atoms with Crippen molar-refractivity contribution in [2.75, 3.05) is 5.32 Å². The lowest BCUT2D eigenvalue weighted by atomic mass is 10.3. The van der Waals surface area contributed by atoms with E-state index in [0.717, 1.165) is 27.2 Å². The van der Waals surface area contributed by atoms with Gasteiger partial charge in [0.2, 0.25) is 5.91 Å². The quantitative estimate of drug-likeness (QED) is 0.929. The number of rotatable bonds is 4. The minimum Gasteiger partial charge on any atom is -0.323 e. The van der Waals surface area contributed by atoms with Crippen molar-refractivity contribution < 1.29 is 4.79 Å². The van der Waals surface area contributed by atoms with Crippen LogP contribution in [0.25, 0.3) is 0 Å². The van der Waals surface area contributed by atoms with Crippen LogP contribution in [0.4, 0.5) is 5.69 Å². The molecule has 0 saturated carbocycles. The van der Waals surface area contributed by atoms with E-state index in [0.29, 0.717) is 13.0 Å². The summed E-state index contributed by atoms with van der Waals surface area (Å²) in [5.74, 6) is -0.0372. The molecule has 108 valence electrons. The van der Waals surface area contributed by atoms with Crippen LogP contribution >= 0.6 is 15.9 Å². The van der Waals surface area contributed by atoms with Crippen molar-refractivity contribution in [3.63, 3.8) is 0 Å². The first-order chi connectivity index (χ1) is 9.40. The number of carbonyl (C=O) groups excluding carboxylic acids is 1. The predicted octanol–water partition coefficient (Wildman–Crippen LogP) is 2.33. The molecule has 0 aliphatic carbocycles. The summed E-state index contributed by atoms with van der Waals surface area (Å²) in [5.41, 5.74) is 3.66. The molecule has 20 heavy (non-hydrogen) atoms. The topological polar surface area (TPSA) is 64.7 Å². The molecule has 2 heterocycles. The highest BCUT2D eigenvalue weighted by Crippen LogP contribution is 2.20. The van der Waals surface area contributed by atoms with Crippen LogP contribution < -0.4 is 5.32 Å². The SMILES string of the molecule is Cc1nn(CCC(=O)Nc2cnn(C)c2C)c(C)c1Br. The fourth-order valence-electron chi connectivity index (χ4n) is 1.93. The van der Waals surface area contributed by atoms with Crippen LogP contribution in [0, 0.1) is 20.8 Å². The van der Waals surface area contributed by atoms with Crippen molar-refractivity contribution in [2.45, 2.75) is 33.7 Å². The molecular weight excluding hydrogens is 322 g/mol. The molecule has 2 aromatic heterocycles. The van der Waals surface area contributed by atoms with Crippen molar-refractivity contribution in [3.8, 4) is 0 Å². The van der Waals surface area contributed by atoms with Gasteiger partial charge in [0, 0.05) is 19.2 Å². The fourth-order valence-corrected chi connectivity index (χ4v) is 2.22. The smallest absolute Gasteiger partial charge is 0.226 e. The highest BCUT2D eigenvalue weighted by molar-refractivity contribution is 9.10. The Labute approximate surface area is 126 Å². The minimum atomic E-state index is -0.0372. The minimum absolute atomic E-state index is 0.0372. The Kier molecular flexibility index (Phi) is 4.27. The first-order valence-electron chi connectivity index (χ1n) is 6.38. The average molecular weight is 340 g/mol. The molecule has 0 fully saturated rings. The van der Waals surface area contributed by atoms with E-state index in [9.17, 15) is 4.79 Å². The van der Waals surface area contributed by atoms with E-state index in [4.69, 9.17) is 0 Å². The molecule has 2 aromatic rings. The van der Waals surface area contributed by atoms with Crippen LogP contribution in [0.3, 0.4) is 0 Å². The molecule has 0 radical (unpaired) electrons. The molecule has 2 rings (SSSR count). The van der Waals surface area contributed by atoms with Gasteiger partial charge in [-0.15, -0.1) is 0 Å². The number of nitrogens with one attached hydrogen (secondary N) is 1. The van der Waals surface area contributed by atoms with Crippen molar-refractivity contribution in [1.29, 1.82) is 0 Å². The first-order valence-corrected chi connectivity index (χ1v) is 7.17. The Bertz CT molecular complexity index is 643. The number of anilines is 1. The van der Waals surface area contributed by atoms with Crippen molar-refractivity contribution in [3.05, 3.63) is 27.8 Å². The van der Waals surface area contributed by atoms with Gasteiger partial charge in [-0.3, -0.25) is 14.2 Å². The van der Waals surface area contributed by atoms with E-state index in [2.05, 4.69) is 31.4 Å². The number of aryl methyl sites for hydroxylation is 3. The summed E-state index contributed by atoms with van der Waals surface area (Å²) in [6, 6.07) is 0. The molecule has 6 nitrogen and oxygen atoms in total. The zero-order valence-electron chi connectivity index (χ0n) is 12.1. The molecule has 0 aliphatic heterocycles. The standard InChI is InChI=1S/C13H18BrN5O/c1-8-13(14)10(3)19(17-8)6-5-12(20)16-11-7-15-18(4)9(11)2/h7H,5-6H2,1-4H3,(H,16,20). The maximum Gasteiger partial charge on any atom is 0.226 e. The van der Waals surface area contributed by atoms with Gasteiger partial charge in [-0.25, -0.2) is 0 Å². The van der Waals surface area contributed by atoms with E-state index in [1.807, 2.05) is 32.5 Å². The van der Waals surface area contributed by atoms with Gasteiger partial charge in [-0.05, 0) is 36.7 Å². The molecule has 0 bridgehead atoms. The third kappa shape index (κ3) is 2.92. The lowest BCUT2D eigenvalue weighted by molar-refractivity contribution is -0.116. The van der Waals surface area contributed by atoms with E-state index in [-0.39, 0.29) is 5.91 Å². The highest BCUT2D eigenvalue weighted by atomic mass is 79.9. The van der Waals surface area contributed by atoms with Gasteiger partial charge in [0.15, 0.2) is 0 Å². The molecule has 1 N–H and O–H groups in total. The number of halogens is 1. The lowest BCUT2D eigenvalue weighted by Crippen LogP contribution is -2.16. The third-order valence-corrected chi connectivity index (χ3v) is 4.50. The molecule has 0 saturated heterocycles. The second kappa shape index (κ2) is 5.78. The van der Waals surface area contributed by atoms with Crippen molar-refractivity contribution in [1.82, 2.24) is 19.6 Å². The molecule has 0 unspecified atom stereocenters. The van der Waals surface area contributed by atoms with Gasteiger partial charge in [-0.2, -0.15) is 10.2 Å². The monoisotopic (exact) mass is 339 g/mol. The van der Waals surface area contributed by atoms with Crippen LogP contribution in [0.1, 0.15) is 23.5 Å². The van der Waals surface area contributed by atoms with Gasteiger partial charge in [0.25, 0.3) is 0 Å². The summed E-state index contributed by atoms with van der Waals surface area (Å²) in [7, 11) is 1.85. The van der Waals surface area contributed by atoms with E-state index < -0.39 is 0 Å². The van der Waals surface area contributed by atoms with Crippen LogP contribution in [0.5, 0.6) is 0 Å². The molecule has 0 aromatic carbocycles. The molecule has 0 spiro atoms. The maximum atomic E-state index is 11.9. The first kappa shape index (κ1) is 14.8. The zero-order chi connectivity index (χ0) is 14.9. The predicted molar refractivity (Wildman–Crippen MR) is 80.6 cm³/mol. The number of hydrogen-bond donors (Lipinski definition) is 1. The molecule has 1 amide bonds. The fraction of sp³-hybridized carbons (Fsp3) is 0.462. The molecule has 0 atom stereocenters. The number of carbonyl (C=O) groups is 1. The second-order valence-corrected chi connectivity index (χ2v) is 5.57. The number of amides is 1. The lowest BCUT2D eigenvalue weighted by Gasteiger charge is -2.06. The largest absolute Gasteiger partial charge is 0.323 e. The van der Waals surface area contributed by atoms with Crippen LogP contribution in [-0.4, -0.2) is 25.5 Å². The summed E-state index contributed by atoms with van der Waals surface area (Å²) < 4.78 is 4.57. The Morgan fingerprint density at radius 2 is 2.05 bits per heavy atom. The van der Waals surface area contributed by atoms with Crippen LogP contribution in [0.15, 0.2) is 10.7 Å². The summed E-state index contributed by atoms with van der Waals surface area (Å²) in [4.78, 5) is 11.9. The molecule has 0 aliphatic rings. The van der Waals surface area contributed by atoms with Crippen LogP contribution in [0.2, 0.25) is 0 Å². The highest BCUT2D eigenvalue weighted by Gasteiger charge is 2.11. The Balaban J connectivity index is 1.95. The van der Waals surface area contributed by atoms with Crippen molar-refractivity contribution >= 4 is 27.5 Å². The van der Waals surface area contributed by atoms with Gasteiger partial charge < -0.3 is 5.32 Å². The average Bonchev–Trinajstić information content (AvgIpc) is 2.85. The van der Waals surface area contributed by atoms with E-state index >= 15 is 0 Å². The summed E-state index contributed by atoms with van der Waals surface area (Å²) in [6.07, 6.45) is 2.04. The molecule has 7 heteroatoms. The number of nitrogens with zero attached hydrogens (tertiary/aromatic N) is 4. The van der Waals surface area contributed by atoms with Gasteiger partial charge in [0.05, 0.1) is 34.3 Å². The maximum absolute atomic E-state index is 11.9. The van der Waals surface area contributed by atoms with Crippen LogP contribution in [-0.2, 0) is 18.4 Å². The van der Waals surface area contributed by atoms with E-state index in [1.54, 1.807) is 10.9 Å². The van der Waals surface area contributed by atoms with Gasteiger partial charge in [-0.1, -0.05) is 0 Å². The normalized spacial score (nSPS) is 10.8. The molecular formula is C13H18BrN5O. The van der Waals surface area contributed by atoms with Gasteiger partial charge in [0.1, 0.15) is 0 Å².